The summed E-state index contributed by atoms with van der Waals surface area (Å²) in [4.78, 5) is 4.55. The van der Waals surface area contributed by atoms with Gasteiger partial charge in [-0.1, -0.05) is 56.2 Å². The first kappa shape index (κ1) is 27.0. The van der Waals surface area contributed by atoms with Gasteiger partial charge in [0, 0.05) is 43.6 Å². The number of unbranched alkanes of at least 4 members (excludes halogenated alkanes) is 2. The molecule has 6 rings (SSSR count). The molecule has 2 saturated heterocycles. The Morgan fingerprint density at radius 3 is 2.65 bits per heavy atom. The van der Waals surface area contributed by atoms with Crippen LogP contribution < -0.4 is 15.4 Å². The summed E-state index contributed by atoms with van der Waals surface area (Å²) in [5, 5.41) is 9.21. The molecule has 1 aromatic heterocycles. The number of fused-ring (bicyclic) bond motifs is 3. The number of hydrogen-bond acceptors (Lipinski definition) is 6. The van der Waals surface area contributed by atoms with Crippen LogP contribution in [0.4, 0.5) is 0 Å². The second-order valence-electron chi connectivity index (χ2n) is 11.2. The van der Waals surface area contributed by atoms with Crippen molar-refractivity contribution in [3.8, 4) is 5.75 Å². The molecule has 7 nitrogen and oxygen atoms in total. The lowest BCUT2D eigenvalue weighted by molar-refractivity contribution is 0.294. The van der Waals surface area contributed by atoms with Gasteiger partial charge >= 0.3 is 0 Å². The molecule has 40 heavy (non-hydrogen) atoms. The maximum Gasteiger partial charge on any atom is 0.184 e. The summed E-state index contributed by atoms with van der Waals surface area (Å²) >= 11 is 0. The van der Waals surface area contributed by atoms with Crippen molar-refractivity contribution in [2.45, 2.75) is 74.0 Å². The van der Waals surface area contributed by atoms with Crippen LogP contribution in [-0.2, 0) is 22.9 Å². The lowest BCUT2D eigenvalue weighted by Gasteiger charge is -2.35. The molecule has 8 heteroatoms. The lowest BCUT2D eigenvalue weighted by atomic mass is 9.85. The Balaban J connectivity index is 1.22. The smallest absolute Gasteiger partial charge is 0.184 e. The summed E-state index contributed by atoms with van der Waals surface area (Å²) in [7, 11) is -3.59. The fraction of sp³-hybridized carbons (Fsp3) is 0.406. The highest BCUT2D eigenvalue weighted by Crippen LogP contribution is 2.40. The molecular weight excluding hydrogens is 520 g/mol. The molecule has 0 spiro atoms. The van der Waals surface area contributed by atoms with Crippen LogP contribution in [0.15, 0.2) is 90.3 Å². The zero-order chi connectivity index (χ0) is 27.5. The van der Waals surface area contributed by atoms with Crippen molar-refractivity contribution in [2.75, 3.05) is 6.61 Å². The lowest BCUT2D eigenvalue weighted by Crippen LogP contribution is -2.54. The van der Waals surface area contributed by atoms with Crippen LogP contribution in [0.2, 0.25) is 0 Å². The van der Waals surface area contributed by atoms with E-state index < -0.39 is 15.1 Å². The first-order chi connectivity index (χ1) is 19.5. The van der Waals surface area contributed by atoms with E-state index in [1.54, 1.807) is 30.5 Å². The first-order valence-corrected chi connectivity index (χ1v) is 16.0. The third-order valence-electron chi connectivity index (χ3n) is 8.50. The Morgan fingerprint density at radius 1 is 1.05 bits per heavy atom. The van der Waals surface area contributed by atoms with Gasteiger partial charge in [0.25, 0.3) is 0 Å². The quantitative estimate of drug-likeness (QED) is 0.239. The Kier molecular flexibility index (Phi) is 7.91. The fourth-order valence-electron chi connectivity index (χ4n) is 6.52. The number of aromatic nitrogens is 2. The van der Waals surface area contributed by atoms with Gasteiger partial charge < -0.3 is 19.9 Å². The topological polar surface area (TPSA) is 85.3 Å². The number of imidazole rings is 1. The van der Waals surface area contributed by atoms with Gasteiger partial charge in [0.2, 0.25) is 0 Å². The molecular formula is C32H38N4O3S. The van der Waals surface area contributed by atoms with Gasteiger partial charge in [-0.05, 0) is 65.4 Å². The second-order valence-corrected chi connectivity index (χ2v) is 13.3. The van der Waals surface area contributed by atoms with Crippen molar-refractivity contribution in [2.24, 2.45) is 5.92 Å². The zero-order valence-corrected chi connectivity index (χ0v) is 23.8. The molecule has 5 atom stereocenters. The average Bonchev–Trinajstić information content (AvgIpc) is 3.72. The van der Waals surface area contributed by atoms with E-state index in [1.165, 1.54) is 10.8 Å². The second kappa shape index (κ2) is 11.7. The average molecular weight is 559 g/mol. The summed E-state index contributed by atoms with van der Waals surface area (Å²) in [6, 6.07) is 21.5. The zero-order valence-electron chi connectivity index (χ0n) is 22.9. The number of ether oxygens (including phenoxy) is 1. The number of nitrogens with one attached hydrogen (secondary N) is 2. The molecule has 0 saturated carbocycles. The van der Waals surface area contributed by atoms with Gasteiger partial charge in [-0.2, -0.15) is 0 Å². The van der Waals surface area contributed by atoms with E-state index in [1.807, 2.05) is 24.7 Å². The van der Waals surface area contributed by atoms with Gasteiger partial charge in [-0.15, -0.1) is 0 Å². The summed E-state index contributed by atoms with van der Waals surface area (Å²) in [6.45, 7) is 4.23. The Hall–Kier alpha value is -3.20. The number of rotatable bonds is 12. The highest BCUT2D eigenvalue weighted by molar-refractivity contribution is 7.92. The third kappa shape index (κ3) is 5.53. The molecule has 3 aromatic carbocycles. The summed E-state index contributed by atoms with van der Waals surface area (Å²) < 4.78 is 36.2. The van der Waals surface area contributed by atoms with Crippen LogP contribution in [-0.4, -0.2) is 48.0 Å². The van der Waals surface area contributed by atoms with Crippen molar-refractivity contribution in [1.29, 1.82) is 0 Å². The van der Waals surface area contributed by atoms with Gasteiger partial charge in [0.15, 0.2) is 9.84 Å². The predicted molar refractivity (Wildman–Crippen MR) is 158 cm³/mol. The number of sulfone groups is 1. The van der Waals surface area contributed by atoms with E-state index in [9.17, 15) is 8.42 Å². The number of benzene rings is 3. The van der Waals surface area contributed by atoms with E-state index >= 15 is 0 Å². The van der Waals surface area contributed by atoms with Gasteiger partial charge in [-0.25, -0.2) is 13.4 Å². The number of hydrogen-bond donors (Lipinski definition) is 2. The van der Waals surface area contributed by atoms with Gasteiger partial charge in [-0.3, -0.25) is 0 Å². The largest absolute Gasteiger partial charge is 0.494 e. The Morgan fingerprint density at radius 2 is 1.88 bits per heavy atom. The van der Waals surface area contributed by atoms with Crippen LogP contribution >= 0.6 is 0 Å². The van der Waals surface area contributed by atoms with Crippen LogP contribution in [0.3, 0.4) is 0 Å². The summed E-state index contributed by atoms with van der Waals surface area (Å²) in [5.74, 6) is 1.03. The Labute approximate surface area is 236 Å². The van der Waals surface area contributed by atoms with Gasteiger partial charge in [0.05, 0.1) is 23.1 Å². The van der Waals surface area contributed by atoms with E-state index in [0.717, 1.165) is 37.8 Å². The molecule has 4 aromatic rings. The molecule has 0 aliphatic carbocycles. The van der Waals surface area contributed by atoms with Crippen LogP contribution in [0.25, 0.3) is 10.8 Å². The fourth-order valence-corrected chi connectivity index (χ4v) is 8.62. The minimum Gasteiger partial charge on any atom is -0.494 e. The van der Waals surface area contributed by atoms with E-state index in [2.05, 4.69) is 57.4 Å². The number of nitrogens with zero attached hydrogens (tertiary/aromatic N) is 2. The summed E-state index contributed by atoms with van der Waals surface area (Å²) in [5.41, 5.74) is 1.15. The summed E-state index contributed by atoms with van der Waals surface area (Å²) in [6.07, 6.45) is 9.68. The van der Waals surface area contributed by atoms with Crippen molar-refractivity contribution in [1.82, 2.24) is 20.2 Å². The standard InChI is InChI=1S/C32H38N4O3S/c1-2-3-6-17-39-27-11-13-28(14-12-27)40(37,38)32-29-19-26(21-36-16-15-33-22-36)30(35-29)31(32)34-20-23-9-10-24-7-4-5-8-25(24)18-23/h4-5,7-16,18,22,26,29-32,34-35H,2-3,6,17,19-21H2,1H3/t26-,29-,30+,31+,32+/m0/s1. The van der Waals surface area contributed by atoms with Crippen LogP contribution in [0.5, 0.6) is 5.75 Å². The molecule has 2 fully saturated rings. The monoisotopic (exact) mass is 558 g/mol. The van der Waals surface area contributed by atoms with Crippen molar-refractivity contribution in [3.63, 3.8) is 0 Å². The van der Waals surface area contributed by atoms with E-state index in [4.69, 9.17) is 4.74 Å². The SMILES string of the molecule is CCCCCOc1ccc(S(=O)(=O)[C@H]2[C@H](NCc3ccc4ccccc4c3)[C@@H]3N[C@H]2C[C@H]3Cn2ccnc2)cc1. The minimum atomic E-state index is -3.59. The Bertz CT molecular complexity index is 1520. The first-order valence-electron chi connectivity index (χ1n) is 14.4. The van der Waals surface area contributed by atoms with Crippen LogP contribution in [0.1, 0.15) is 38.2 Å². The van der Waals surface area contributed by atoms with Gasteiger partial charge in [0.1, 0.15) is 5.75 Å². The molecule has 2 aliphatic rings. The van der Waals surface area contributed by atoms with Crippen molar-refractivity contribution in [3.05, 3.63) is 91.0 Å². The molecule has 210 valence electrons. The van der Waals surface area contributed by atoms with E-state index in [-0.39, 0.29) is 18.1 Å². The molecule has 3 heterocycles. The predicted octanol–water partition coefficient (Wildman–Crippen LogP) is 4.97. The highest BCUT2D eigenvalue weighted by atomic mass is 32.2. The maximum atomic E-state index is 14.1. The molecule has 2 aliphatic heterocycles. The normalized spacial score (nSPS) is 24.1. The molecule has 2 bridgehead atoms. The molecule has 0 unspecified atom stereocenters. The molecule has 0 radical (unpaired) electrons. The molecule has 0 amide bonds. The van der Waals surface area contributed by atoms with Crippen molar-refractivity contribution >= 4 is 20.6 Å². The maximum absolute atomic E-state index is 14.1. The van der Waals surface area contributed by atoms with Crippen molar-refractivity contribution < 1.29 is 13.2 Å². The van der Waals surface area contributed by atoms with E-state index in [0.29, 0.717) is 29.7 Å². The third-order valence-corrected chi connectivity index (χ3v) is 10.8. The minimum absolute atomic E-state index is 0.0498. The molecule has 2 N–H and O–H groups in total. The van der Waals surface area contributed by atoms with Crippen LogP contribution in [0, 0.1) is 5.92 Å². The highest BCUT2D eigenvalue weighted by Gasteiger charge is 2.57.